The van der Waals surface area contributed by atoms with E-state index in [0.29, 0.717) is 43.7 Å². The van der Waals surface area contributed by atoms with Gasteiger partial charge >= 0.3 is 0 Å². The first-order valence-corrected chi connectivity index (χ1v) is 8.55. The van der Waals surface area contributed by atoms with Gasteiger partial charge in [-0.25, -0.2) is 8.42 Å². The van der Waals surface area contributed by atoms with Gasteiger partial charge < -0.3 is 4.74 Å². The van der Waals surface area contributed by atoms with Gasteiger partial charge in [0.05, 0.1) is 22.6 Å². The Kier molecular flexibility index (Phi) is 4.99. The molecule has 1 aliphatic rings. The number of rotatable bonds is 4. The molecule has 1 heterocycles. The Morgan fingerprint density at radius 3 is 2.62 bits per heavy atom. The van der Waals surface area contributed by atoms with Crippen LogP contribution in [0.1, 0.15) is 30.9 Å². The quantitative estimate of drug-likeness (QED) is 0.853. The van der Waals surface area contributed by atoms with Gasteiger partial charge in [-0.3, -0.25) is 0 Å². The number of aryl methyl sites for hydroxylation is 1. The second-order valence-corrected chi connectivity index (χ2v) is 7.06. The van der Waals surface area contributed by atoms with E-state index in [1.165, 1.54) is 10.4 Å². The van der Waals surface area contributed by atoms with Crippen molar-refractivity contribution in [2.75, 3.05) is 19.7 Å². The van der Waals surface area contributed by atoms with E-state index in [1.54, 1.807) is 19.1 Å². The fourth-order valence-corrected chi connectivity index (χ4v) is 4.28. The van der Waals surface area contributed by atoms with Gasteiger partial charge in [0.25, 0.3) is 0 Å². The van der Waals surface area contributed by atoms with Crippen LogP contribution in [-0.4, -0.2) is 38.5 Å². The van der Waals surface area contributed by atoms with Gasteiger partial charge in [-0.1, -0.05) is 6.07 Å². The molecule has 0 atom stereocenters. The number of hydrogen-bond donors (Lipinski definition) is 0. The summed E-state index contributed by atoms with van der Waals surface area (Å²) in [5, 5.41) is 8.95. The van der Waals surface area contributed by atoms with Gasteiger partial charge in [-0.15, -0.1) is 0 Å². The fraction of sp³-hybridized carbons (Fsp3) is 0.533. The first kappa shape index (κ1) is 16.0. The Hall–Kier alpha value is -1.42. The van der Waals surface area contributed by atoms with E-state index in [4.69, 9.17) is 10.00 Å². The molecule has 6 heteroatoms. The molecule has 2 rings (SSSR count). The molecule has 21 heavy (non-hydrogen) atoms. The highest BCUT2D eigenvalue weighted by molar-refractivity contribution is 7.89. The Labute approximate surface area is 126 Å². The molecule has 0 aliphatic carbocycles. The Morgan fingerprint density at radius 2 is 2.05 bits per heavy atom. The van der Waals surface area contributed by atoms with Gasteiger partial charge in [-0.05, 0) is 44.4 Å². The summed E-state index contributed by atoms with van der Waals surface area (Å²) in [6.45, 7) is 5.27. The highest BCUT2D eigenvalue weighted by atomic mass is 32.2. The van der Waals surface area contributed by atoms with E-state index in [-0.39, 0.29) is 11.0 Å². The van der Waals surface area contributed by atoms with Crippen molar-refractivity contribution in [3.8, 4) is 6.07 Å². The first-order chi connectivity index (χ1) is 9.98. The minimum Gasteiger partial charge on any atom is -0.378 e. The van der Waals surface area contributed by atoms with Crippen molar-refractivity contribution in [2.45, 2.75) is 37.7 Å². The lowest BCUT2D eigenvalue weighted by molar-refractivity contribution is 0.0290. The minimum absolute atomic E-state index is 0.146. The van der Waals surface area contributed by atoms with Crippen molar-refractivity contribution in [1.82, 2.24) is 4.31 Å². The van der Waals surface area contributed by atoms with E-state index in [2.05, 4.69) is 0 Å². The molecule has 1 fully saturated rings. The number of hydrogen-bond acceptors (Lipinski definition) is 4. The van der Waals surface area contributed by atoms with Crippen LogP contribution in [0.2, 0.25) is 0 Å². The maximum absolute atomic E-state index is 12.7. The summed E-state index contributed by atoms with van der Waals surface area (Å²) < 4.78 is 32.5. The molecule has 0 saturated carbocycles. The van der Waals surface area contributed by atoms with Crippen LogP contribution in [0.4, 0.5) is 0 Å². The van der Waals surface area contributed by atoms with Crippen molar-refractivity contribution in [3.63, 3.8) is 0 Å². The molecule has 0 bridgehead atoms. The molecule has 0 radical (unpaired) electrons. The Balaban J connectivity index is 2.22. The average Bonchev–Trinajstić information content (AvgIpc) is 2.48. The molecule has 0 N–H and O–H groups in total. The Bertz CT molecular complexity index is 641. The summed E-state index contributed by atoms with van der Waals surface area (Å²) >= 11 is 0. The van der Waals surface area contributed by atoms with Crippen LogP contribution in [0.5, 0.6) is 0 Å². The Morgan fingerprint density at radius 1 is 1.38 bits per heavy atom. The number of piperidine rings is 1. The van der Waals surface area contributed by atoms with Crippen LogP contribution in [0.3, 0.4) is 0 Å². The third-order valence-corrected chi connectivity index (χ3v) is 5.78. The van der Waals surface area contributed by atoms with Gasteiger partial charge in [0, 0.05) is 19.7 Å². The second kappa shape index (κ2) is 6.56. The highest BCUT2D eigenvalue weighted by Gasteiger charge is 2.30. The van der Waals surface area contributed by atoms with Crippen molar-refractivity contribution in [3.05, 3.63) is 29.3 Å². The monoisotopic (exact) mass is 308 g/mol. The van der Waals surface area contributed by atoms with Crippen molar-refractivity contribution < 1.29 is 13.2 Å². The van der Waals surface area contributed by atoms with Crippen LogP contribution in [-0.2, 0) is 14.8 Å². The molecular formula is C15H20N2O3S. The summed E-state index contributed by atoms with van der Waals surface area (Å²) in [5.41, 5.74) is 1.03. The molecule has 1 aromatic carbocycles. The number of benzene rings is 1. The number of nitrogens with zero attached hydrogens (tertiary/aromatic N) is 2. The lowest BCUT2D eigenvalue weighted by Gasteiger charge is -2.31. The van der Waals surface area contributed by atoms with E-state index < -0.39 is 10.0 Å². The third kappa shape index (κ3) is 3.43. The summed E-state index contributed by atoms with van der Waals surface area (Å²) in [6.07, 6.45) is 1.57. The molecule has 0 unspecified atom stereocenters. The van der Waals surface area contributed by atoms with Crippen LogP contribution < -0.4 is 0 Å². The smallest absolute Gasteiger partial charge is 0.243 e. The molecule has 1 saturated heterocycles. The third-order valence-electron chi connectivity index (χ3n) is 3.74. The molecule has 1 aromatic rings. The minimum atomic E-state index is -3.54. The number of nitriles is 1. The molecule has 1 aliphatic heterocycles. The van der Waals surface area contributed by atoms with Crippen molar-refractivity contribution in [2.24, 2.45) is 0 Å². The first-order valence-electron chi connectivity index (χ1n) is 7.11. The highest BCUT2D eigenvalue weighted by Crippen LogP contribution is 2.25. The van der Waals surface area contributed by atoms with Crippen LogP contribution in [0.15, 0.2) is 23.1 Å². The molecule has 0 aromatic heterocycles. The average molecular weight is 308 g/mol. The standard InChI is InChI=1S/C15H20N2O3S/c1-3-20-14-6-8-17(9-7-14)21(18,19)15-10-13(11-16)5-4-12(15)2/h4-5,10,14H,3,6-9H2,1-2H3. The number of sulfonamides is 1. The zero-order valence-corrected chi connectivity index (χ0v) is 13.2. The van der Waals surface area contributed by atoms with Crippen molar-refractivity contribution >= 4 is 10.0 Å². The zero-order valence-electron chi connectivity index (χ0n) is 12.4. The molecule has 0 spiro atoms. The van der Waals surface area contributed by atoms with Gasteiger partial charge in [0.1, 0.15) is 0 Å². The number of ether oxygens (including phenoxy) is 1. The predicted octanol–water partition coefficient (Wildman–Crippen LogP) is 2.06. The van der Waals surface area contributed by atoms with E-state index >= 15 is 0 Å². The lowest BCUT2D eigenvalue weighted by Crippen LogP contribution is -2.41. The van der Waals surface area contributed by atoms with Gasteiger partial charge in [0.2, 0.25) is 10.0 Å². The van der Waals surface area contributed by atoms with E-state index in [9.17, 15) is 8.42 Å². The van der Waals surface area contributed by atoms with Crippen molar-refractivity contribution in [1.29, 1.82) is 5.26 Å². The van der Waals surface area contributed by atoms with Gasteiger partial charge in [-0.2, -0.15) is 9.57 Å². The summed E-state index contributed by atoms with van der Waals surface area (Å²) in [5.74, 6) is 0. The lowest BCUT2D eigenvalue weighted by atomic mass is 10.1. The van der Waals surface area contributed by atoms with Gasteiger partial charge in [0.15, 0.2) is 0 Å². The van der Waals surface area contributed by atoms with Crippen LogP contribution >= 0.6 is 0 Å². The van der Waals surface area contributed by atoms with E-state index in [0.717, 1.165) is 0 Å². The second-order valence-electron chi connectivity index (χ2n) is 5.15. The molecular weight excluding hydrogens is 288 g/mol. The van der Waals surface area contributed by atoms with Crippen LogP contribution in [0.25, 0.3) is 0 Å². The van der Waals surface area contributed by atoms with Crippen LogP contribution in [0, 0.1) is 18.3 Å². The molecule has 5 nitrogen and oxygen atoms in total. The predicted molar refractivity (Wildman–Crippen MR) is 79.3 cm³/mol. The SMILES string of the molecule is CCOC1CCN(S(=O)(=O)c2cc(C#N)ccc2C)CC1. The largest absolute Gasteiger partial charge is 0.378 e. The maximum Gasteiger partial charge on any atom is 0.243 e. The summed E-state index contributed by atoms with van der Waals surface area (Å²) in [4.78, 5) is 0.233. The zero-order chi connectivity index (χ0) is 15.5. The topological polar surface area (TPSA) is 70.4 Å². The van der Waals surface area contributed by atoms with E-state index in [1.807, 2.05) is 13.0 Å². The molecule has 0 amide bonds. The summed E-state index contributed by atoms with van der Waals surface area (Å²) in [7, 11) is -3.54. The fourth-order valence-electron chi connectivity index (χ4n) is 2.56. The molecule has 114 valence electrons. The maximum atomic E-state index is 12.7. The summed E-state index contributed by atoms with van der Waals surface area (Å²) in [6, 6.07) is 6.76. The normalized spacial score (nSPS) is 17.6.